The van der Waals surface area contributed by atoms with Gasteiger partial charge < -0.3 is 4.90 Å². The fourth-order valence-electron chi connectivity index (χ4n) is 2.42. The van der Waals surface area contributed by atoms with E-state index in [0.29, 0.717) is 0 Å². The monoisotopic (exact) mass is 217 g/mol. The van der Waals surface area contributed by atoms with Crippen LogP contribution >= 0.6 is 0 Å². The molecule has 1 aliphatic carbocycles. The molecule has 88 valence electrons. The summed E-state index contributed by atoms with van der Waals surface area (Å²) >= 11 is 0. The van der Waals surface area contributed by atoms with Gasteiger partial charge in [-0.2, -0.15) is 0 Å². The van der Waals surface area contributed by atoms with Crippen LogP contribution in [0.15, 0.2) is 18.2 Å². The summed E-state index contributed by atoms with van der Waals surface area (Å²) in [5.74, 6) is 0. The van der Waals surface area contributed by atoms with Crippen LogP contribution in [0.5, 0.6) is 0 Å². The lowest BCUT2D eigenvalue weighted by molar-refractivity contribution is 0.357. The van der Waals surface area contributed by atoms with Gasteiger partial charge in [-0.15, -0.1) is 0 Å². The third kappa shape index (κ3) is 2.85. The molecule has 0 spiro atoms. The van der Waals surface area contributed by atoms with E-state index >= 15 is 0 Å². The van der Waals surface area contributed by atoms with Crippen molar-refractivity contribution in [1.82, 2.24) is 4.90 Å². The smallest absolute Gasteiger partial charge is 0.00187 e. The van der Waals surface area contributed by atoms with Crippen molar-refractivity contribution in [3.05, 3.63) is 34.9 Å². The normalized spacial score (nSPS) is 15.2. The number of rotatable bonds is 4. The van der Waals surface area contributed by atoms with Crippen molar-refractivity contribution in [1.29, 1.82) is 0 Å². The number of hydrogen-bond donors (Lipinski definition) is 0. The molecule has 2 rings (SSSR count). The van der Waals surface area contributed by atoms with Gasteiger partial charge in [-0.05, 0) is 62.4 Å². The standard InChI is InChI=1S/C15H23N/c1-3-16(2)11-10-13-8-9-14-6-4-5-7-15(14)12-13/h8-9,12H,3-7,10-11H2,1-2H3. The van der Waals surface area contributed by atoms with E-state index in [0.717, 1.165) is 6.54 Å². The highest BCUT2D eigenvalue weighted by Gasteiger charge is 2.09. The maximum atomic E-state index is 2.44. The predicted octanol–water partition coefficient (Wildman–Crippen LogP) is 3.06. The van der Waals surface area contributed by atoms with Crippen molar-refractivity contribution in [2.24, 2.45) is 0 Å². The molecule has 0 unspecified atom stereocenters. The van der Waals surface area contributed by atoms with Gasteiger partial charge >= 0.3 is 0 Å². The van der Waals surface area contributed by atoms with E-state index in [9.17, 15) is 0 Å². The molecule has 16 heavy (non-hydrogen) atoms. The molecule has 0 saturated heterocycles. The molecule has 0 amide bonds. The van der Waals surface area contributed by atoms with E-state index < -0.39 is 0 Å². The SMILES string of the molecule is CCN(C)CCc1ccc2c(c1)CCCC2. The molecule has 0 aliphatic heterocycles. The average molecular weight is 217 g/mol. The lowest BCUT2D eigenvalue weighted by atomic mass is 9.90. The largest absolute Gasteiger partial charge is 0.306 e. The Bertz CT molecular complexity index is 343. The Morgan fingerprint density at radius 3 is 2.62 bits per heavy atom. The Balaban J connectivity index is 2.00. The second-order valence-electron chi connectivity index (χ2n) is 4.96. The second-order valence-corrected chi connectivity index (χ2v) is 4.96. The highest BCUT2D eigenvalue weighted by molar-refractivity contribution is 5.33. The molecule has 0 aromatic heterocycles. The van der Waals surface area contributed by atoms with Gasteiger partial charge in [-0.1, -0.05) is 25.1 Å². The summed E-state index contributed by atoms with van der Waals surface area (Å²) < 4.78 is 0. The fourth-order valence-corrected chi connectivity index (χ4v) is 2.42. The molecule has 1 heteroatoms. The lowest BCUT2D eigenvalue weighted by Gasteiger charge is -2.18. The number of nitrogens with zero attached hydrogens (tertiary/aromatic N) is 1. The first-order valence-electron chi connectivity index (χ1n) is 6.59. The van der Waals surface area contributed by atoms with Gasteiger partial charge in [0.05, 0.1) is 0 Å². The van der Waals surface area contributed by atoms with Gasteiger partial charge in [0, 0.05) is 6.54 Å². The molecule has 1 aliphatic rings. The number of aryl methyl sites for hydroxylation is 2. The third-order valence-electron chi connectivity index (χ3n) is 3.73. The van der Waals surface area contributed by atoms with Crippen LogP contribution in [0, 0.1) is 0 Å². The van der Waals surface area contributed by atoms with E-state index in [4.69, 9.17) is 0 Å². The van der Waals surface area contributed by atoms with Crippen LogP contribution in [0.2, 0.25) is 0 Å². The zero-order valence-corrected chi connectivity index (χ0v) is 10.6. The predicted molar refractivity (Wildman–Crippen MR) is 70.0 cm³/mol. The van der Waals surface area contributed by atoms with Crippen LogP contribution in [-0.2, 0) is 19.3 Å². The summed E-state index contributed by atoms with van der Waals surface area (Å²) in [6, 6.07) is 7.13. The quantitative estimate of drug-likeness (QED) is 0.749. The highest BCUT2D eigenvalue weighted by atomic mass is 15.1. The van der Waals surface area contributed by atoms with Crippen LogP contribution in [0.25, 0.3) is 0 Å². The molecule has 1 aromatic rings. The molecule has 0 bridgehead atoms. The Kier molecular flexibility index (Phi) is 4.00. The first-order valence-corrected chi connectivity index (χ1v) is 6.59. The van der Waals surface area contributed by atoms with Crippen molar-refractivity contribution in [3.8, 4) is 0 Å². The Morgan fingerprint density at radius 2 is 1.88 bits per heavy atom. The molecule has 1 aromatic carbocycles. The van der Waals surface area contributed by atoms with E-state index in [1.165, 1.54) is 44.2 Å². The Labute approximate surface area is 99.5 Å². The molecule has 0 radical (unpaired) electrons. The Morgan fingerprint density at radius 1 is 1.12 bits per heavy atom. The van der Waals surface area contributed by atoms with E-state index in [-0.39, 0.29) is 0 Å². The zero-order valence-electron chi connectivity index (χ0n) is 10.6. The average Bonchev–Trinajstić information content (AvgIpc) is 2.35. The fraction of sp³-hybridized carbons (Fsp3) is 0.600. The third-order valence-corrected chi connectivity index (χ3v) is 3.73. The molecule has 0 N–H and O–H groups in total. The van der Waals surface area contributed by atoms with Gasteiger partial charge in [0.1, 0.15) is 0 Å². The highest BCUT2D eigenvalue weighted by Crippen LogP contribution is 2.22. The lowest BCUT2D eigenvalue weighted by Crippen LogP contribution is -2.20. The van der Waals surface area contributed by atoms with Crippen LogP contribution in [0.1, 0.15) is 36.5 Å². The summed E-state index contributed by atoms with van der Waals surface area (Å²) in [5.41, 5.74) is 4.72. The topological polar surface area (TPSA) is 3.24 Å². The maximum absolute atomic E-state index is 2.44. The number of hydrogen-bond acceptors (Lipinski definition) is 1. The molecule has 0 saturated carbocycles. The van der Waals surface area contributed by atoms with Crippen LogP contribution in [0.3, 0.4) is 0 Å². The van der Waals surface area contributed by atoms with E-state index in [1.54, 1.807) is 11.1 Å². The molecule has 0 fully saturated rings. The van der Waals surface area contributed by atoms with Gasteiger partial charge in [0.25, 0.3) is 0 Å². The van der Waals surface area contributed by atoms with Gasteiger partial charge in [0.2, 0.25) is 0 Å². The first kappa shape index (κ1) is 11.7. The maximum Gasteiger partial charge on any atom is 0.00187 e. The summed E-state index contributed by atoms with van der Waals surface area (Å²) in [5, 5.41) is 0. The van der Waals surface area contributed by atoms with Crippen molar-refractivity contribution >= 4 is 0 Å². The number of likely N-dealkylation sites (N-methyl/N-ethyl adjacent to an activating group) is 1. The number of benzene rings is 1. The van der Waals surface area contributed by atoms with Crippen molar-refractivity contribution in [3.63, 3.8) is 0 Å². The van der Waals surface area contributed by atoms with Crippen LogP contribution in [0.4, 0.5) is 0 Å². The molecule has 0 atom stereocenters. The Hall–Kier alpha value is -0.820. The van der Waals surface area contributed by atoms with Gasteiger partial charge in [-0.3, -0.25) is 0 Å². The molecular weight excluding hydrogens is 194 g/mol. The first-order chi connectivity index (χ1) is 7.79. The summed E-state index contributed by atoms with van der Waals surface area (Å²) in [6.07, 6.45) is 6.55. The second kappa shape index (κ2) is 5.49. The van der Waals surface area contributed by atoms with E-state index in [2.05, 4.69) is 37.1 Å². The molecule has 1 nitrogen and oxygen atoms in total. The molecule has 0 heterocycles. The van der Waals surface area contributed by atoms with Crippen molar-refractivity contribution in [2.75, 3.05) is 20.1 Å². The minimum atomic E-state index is 1.14. The zero-order chi connectivity index (χ0) is 11.4. The van der Waals surface area contributed by atoms with Crippen LogP contribution in [-0.4, -0.2) is 25.0 Å². The van der Waals surface area contributed by atoms with Gasteiger partial charge in [0.15, 0.2) is 0 Å². The minimum absolute atomic E-state index is 1.14. The summed E-state index contributed by atoms with van der Waals surface area (Å²) in [6.45, 7) is 4.53. The van der Waals surface area contributed by atoms with Crippen LogP contribution < -0.4 is 0 Å². The molecular formula is C15H23N. The number of fused-ring (bicyclic) bond motifs is 1. The van der Waals surface area contributed by atoms with E-state index in [1.807, 2.05) is 0 Å². The summed E-state index contributed by atoms with van der Waals surface area (Å²) in [4.78, 5) is 2.37. The minimum Gasteiger partial charge on any atom is -0.306 e. The van der Waals surface area contributed by atoms with Crippen molar-refractivity contribution in [2.45, 2.75) is 39.0 Å². The summed E-state index contributed by atoms with van der Waals surface area (Å²) in [7, 11) is 2.19. The van der Waals surface area contributed by atoms with Gasteiger partial charge in [-0.25, -0.2) is 0 Å². The van der Waals surface area contributed by atoms with Crippen molar-refractivity contribution < 1.29 is 0 Å².